The van der Waals surface area contributed by atoms with Crippen molar-refractivity contribution < 1.29 is 14.3 Å². The summed E-state index contributed by atoms with van der Waals surface area (Å²) in [5.41, 5.74) is 0.833. The Morgan fingerprint density at radius 3 is 2.38 bits per heavy atom. The van der Waals surface area contributed by atoms with Gasteiger partial charge < -0.3 is 5.11 Å². The minimum absolute atomic E-state index is 0.264. The van der Waals surface area contributed by atoms with Crippen LogP contribution in [0.1, 0.15) is 29.8 Å². The highest BCUT2D eigenvalue weighted by molar-refractivity contribution is 5.77. The number of phenolic OH excluding ortho intramolecular Hbond substituents is 1. The molecule has 0 saturated carbocycles. The molecule has 0 fully saturated rings. The van der Waals surface area contributed by atoms with E-state index in [0.717, 1.165) is 6.07 Å². The number of rotatable bonds is 1. The predicted molar refractivity (Wildman–Crippen MR) is 49.5 cm³/mol. The molecule has 13 heavy (non-hydrogen) atoms. The van der Waals surface area contributed by atoms with Crippen molar-refractivity contribution in [1.82, 2.24) is 0 Å². The largest absolute Gasteiger partial charge is 0.505 e. The lowest BCUT2D eigenvalue weighted by atomic mass is 10.1. The molecule has 72 valence electrons. The SMILES string of the molecule is CC.Cc1cc(O)c(F)cc1C=O. The van der Waals surface area contributed by atoms with Gasteiger partial charge in [-0.25, -0.2) is 4.39 Å². The van der Waals surface area contributed by atoms with Gasteiger partial charge in [-0.3, -0.25) is 4.79 Å². The van der Waals surface area contributed by atoms with Crippen LogP contribution in [0, 0.1) is 12.7 Å². The van der Waals surface area contributed by atoms with E-state index in [-0.39, 0.29) is 5.56 Å². The minimum Gasteiger partial charge on any atom is -0.505 e. The quantitative estimate of drug-likeness (QED) is 0.681. The number of halogens is 1. The predicted octanol–water partition coefficient (Wildman–Crippen LogP) is 2.68. The van der Waals surface area contributed by atoms with Crippen molar-refractivity contribution in [3.8, 4) is 5.75 Å². The summed E-state index contributed by atoms with van der Waals surface area (Å²) in [6.07, 6.45) is 0.553. The second-order valence-electron chi connectivity index (χ2n) is 2.28. The third-order valence-corrected chi connectivity index (χ3v) is 1.46. The van der Waals surface area contributed by atoms with Crippen LogP contribution < -0.4 is 0 Å². The van der Waals surface area contributed by atoms with Gasteiger partial charge in [0.25, 0.3) is 0 Å². The van der Waals surface area contributed by atoms with Crippen LogP contribution in [0.3, 0.4) is 0 Å². The zero-order valence-corrected chi connectivity index (χ0v) is 7.97. The maximum Gasteiger partial charge on any atom is 0.165 e. The van der Waals surface area contributed by atoms with Gasteiger partial charge in [0.2, 0.25) is 0 Å². The number of hydrogen-bond donors (Lipinski definition) is 1. The van der Waals surface area contributed by atoms with Crippen molar-refractivity contribution in [2.75, 3.05) is 0 Å². The van der Waals surface area contributed by atoms with E-state index >= 15 is 0 Å². The molecule has 0 amide bonds. The summed E-state index contributed by atoms with van der Waals surface area (Å²) in [7, 11) is 0. The smallest absolute Gasteiger partial charge is 0.165 e. The third kappa shape index (κ3) is 2.86. The summed E-state index contributed by atoms with van der Waals surface area (Å²) in [5.74, 6) is -1.19. The summed E-state index contributed by atoms with van der Waals surface area (Å²) in [6.45, 7) is 5.63. The standard InChI is InChI=1S/C8H7FO2.C2H6/c1-5-2-8(11)7(9)3-6(5)4-10;1-2/h2-4,11H,1H3;1-2H3. The van der Waals surface area contributed by atoms with Crippen LogP contribution in [0.4, 0.5) is 4.39 Å². The summed E-state index contributed by atoms with van der Waals surface area (Å²) < 4.78 is 12.5. The molecule has 1 rings (SSSR count). The Morgan fingerprint density at radius 2 is 1.92 bits per heavy atom. The number of phenols is 1. The van der Waals surface area contributed by atoms with Crippen molar-refractivity contribution in [1.29, 1.82) is 0 Å². The van der Waals surface area contributed by atoms with E-state index in [1.54, 1.807) is 6.92 Å². The van der Waals surface area contributed by atoms with Crippen molar-refractivity contribution in [2.45, 2.75) is 20.8 Å². The van der Waals surface area contributed by atoms with E-state index < -0.39 is 11.6 Å². The van der Waals surface area contributed by atoms with Gasteiger partial charge in [-0.15, -0.1) is 0 Å². The van der Waals surface area contributed by atoms with E-state index in [1.165, 1.54) is 6.07 Å². The fourth-order valence-corrected chi connectivity index (χ4v) is 0.809. The second kappa shape index (κ2) is 5.30. The molecule has 1 aromatic carbocycles. The first kappa shape index (κ1) is 11.6. The molecule has 0 aliphatic carbocycles. The molecule has 2 nitrogen and oxygen atoms in total. The molecular weight excluding hydrogens is 171 g/mol. The highest BCUT2D eigenvalue weighted by Crippen LogP contribution is 2.18. The fraction of sp³-hybridized carbons (Fsp3) is 0.300. The maximum absolute atomic E-state index is 12.5. The molecule has 1 N–H and O–H groups in total. The summed E-state index contributed by atoms with van der Waals surface area (Å²) >= 11 is 0. The number of hydrogen-bond acceptors (Lipinski definition) is 2. The first-order chi connectivity index (χ1) is 6.15. The molecule has 0 bridgehead atoms. The lowest BCUT2D eigenvalue weighted by molar-refractivity contribution is 0.112. The van der Waals surface area contributed by atoms with Crippen molar-refractivity contribution >= 4 is 6.29 Å². The molecule has 3 heteroatoms. The minimum atomic E-state index is -0.766. The zero-order valence-electron chi connectivity index (χ0n) is 7.97. The summed E-state index contributed by atoms with van der Waals surface area (Å²) in [6, 6.07) is 2.23. The van der Waals surface area contributed by atoms with E-state index in [1.807, 2.05) is 13.8 Å². The van der Waals surface area contributed by atoms with Gasteiger partial charge in [0.1, 0.15) is 6.29 Å². The Labute approximate surface area is 77.0 Å². The lowest BCUT2D eigenvalue weighted by Crippen LogP contribution is -1.88. The average molecular weight is 184 g/mol. The Balaban J connectivity index is 0.000000671. The van der Waals surface area contributed by atoms with Crippen LogP contribution in [-0.4, -0.2) is 11.4 Å². The second-order valence-corrected chi connectivity index (χ2v) is 2.28. The van der Waals surface area contributed by atoms with Gasteiger partial charge in [-0.1, -0.05) is 13.8 Å². The highest BCUT2D eigenvalue weighted by Gasteiger charge is 2.04. The number of aldehydes is 1. The van der Waals surface area contributed by atoms with Crippen LogP contribution in [-0.2, 0) is 0 Å². The first-order valence-corrected chi connectivity index (χ1v) is 4.09. The molecule has 0 saturated heterocycles. The van der Waals surface area contributed by atoms with Crippen LogP contribution in [0.25, 0.3) is 0 Å². The monoisotopic (exact) mass is 184 g/mol. The first-order valence-electron chi connectivity index (χ1n) is 4.09. The van der Waals surface area contributed by atoms with Gasteiger partial charge in [-0.05, 0) is 24.6 Å². The van der Waals surface area contributed by atoms with E-state index in [2.05, 4.69) is 0 Å². The highest BCUT2D eigenvalue weighted by atomic mass is 19.1. The molecule has 0 aliphatic heterocycles. The molecule has 1 aromatic rings. The fourth-order valence-electron chi connectivity index (χ4n) is 0.809. The maximum atomic E-state index is 12.5. The topological polar surface area (TPSA) is 37.3 Å². The number of benzene rings is 1. The summed E-state index contributed by atoms with van der Waals surface area (Å²) in [5, 5.41) is 8.83. The molecule has 0 heterocycles. The normalized spacial score (nSPS) is 8.62. The zero-order chi connectivity index (χ0) is 10.4. The van der Waals surface area contributed by atoms with Gasteiger partial charge in [-0.2, -0.15) is 0 Å². The van der Waals surface area contributed by atoms with Gasteiger partial charge in [0.15, 0.2) is 11.6 Å². The van der Waals surface area contributed by atoms with Crippen LogP contribution in [0.5, 0.6) is 5.75 Å². The summed E-state index contributed by atoms with van der Waals surface area (Å²) in [4.78, 5) is 10.2. The van der Waals surface area contributed by atoms with Crippen molar-refractivity contribution in [3.05, 3.63) is 29.1 Å². The average Bonchev–Trinajstić information content (AvgIpc) is 2.15. The molecule has 0 radical (unpaired) electrons. The number of aryl methyl sites for hydroxylation is 1. The molecular formula is C10H13FO2. The Hall–Kier alpha value is -1.38. The Kier molecular flexibility index (Phi) is 4.74. The Bertz CT molecular complexity index is 295. The molecule has 0 aromatic heterocycles. The van der Waals surface area contributed by atoms with Crippen LogP contribution >= 0.6 is 0 Å². The third-order valence-electron chi connectivity index (χ3n) is 1.46. The lowest BCUT2D eigenvalue weighted by Gasteiger charge is -1.99. The van der Waals surface area contributed by atoms with Crippen molar-refractivity contribution in [2.24, 2.45) is 0 Å². The van der Waals surface area contributed by atoms with Gasteiger partial charge >= 0.3 is 0 Å². The number of carbonyl (C=O) groups excluding carboxylic acids is 1. The molecule has 0 atom stereocenters. The number of aromatic hydroxyl groups is 1. The molecule has 0 spiro atoms. The van der Waals surface area contributed by atoms with Crippen LogP contribution in [0.15, 0.2) is 12.1 Å². The van der Waals surface area contributed by atoms with Crippen molar-refractivity contribution in [3.63, 3.8) is 0 Å². The van der Waals surface area contributed by atoms with E-state index in [4.69, 9.17) is 5.11 Å². The van der Waals surface area contributed by atoms with E-state index in [9.17, 15) is 9.18 Å². The Morgan fingerprint density at radius 1 is 1.38 bits per heavy atom. The van der Waals surface area contributed by atoms with E-state index in [0.29, 0.717) is 11.8 Å². The van der Waals surface area contributed by atoms with Gasteiger partial charge in [0.05, 0.1) is 0 Å². The van der Waals surface area contributed by atoms with Crippen LogP contribution in [0.2, 0.25) is 0 Å². The molecule has 0 unspecified atom stereocenters. The van der Waals surface area contributed by atoms with Gasteiger partial charge in [0, 0.05) is 5.56 Å². The molecule has 0 aliphatic rings. The number of carbonyl (C=O) groups is 1.